The summed E-state index contributed by atoms with van der Waals surface area (Å²) in [6, 6.07) is 10.5. The SMILES string of the molecule is Cc1cc(C)n(-c2ccccc2Oc2n[nH]c(Cl)cc2=O)n1. The highest BCUT2D eigenvalue weighted by molar-refractivity contribution is 6.29. The van der Waals surface area contributed by atoms with E-state index >= 15 is 0 Å². The Bertz CT molecular complexity index is 885. The molecule has 0 saturated carbocycles. The van der Waals surface area contributed by atoms with Crippen LogP contribution < -0.4 is 10.2 Å². The molecule has 0 bridgehead atoms. The fraction of sp³-hybridized carbons (Fsp3) is 0.133. The van der Waals surface area contributed by atoms with Crippen LogP contribution >= 0.6 is 11.6 Å². The van der Waals surface area contributed by atoms with Gasteiger partial charge >= 0.3 is 0 Å². The maximum Gasteiger partial charge on any atom is 0.285 e. The van der Waals surface area contributed by atoms with E-state index in [4.69, 9.17) is 16.3 Å². The molecule has 0 aliphatic carbocycles. The molecule has 22 heavy (non-hydrogen) atoms. The Morgan fingerprint density at radius 2 is 2.00 bits per heavy atom. The number of ether oxygens (including phenoxy) is 1. The molecule has 0 aliphatic rings. The van der Waals surface area contributed by atoms with Gasteiger partial charge in [0, 0.05) is 11.8 Å². The van der Waals surface area contributed by atoms with E-state index in [1.165, 1.54) is 6.07 Å². The van der Waals surface area contributed by atoms with Crippen molar-refractivity contribution in [2.45, 2.75) is 13.8 Å². The summed E-state index contributed by atoms with van der Waals surface area (Å²) in [6.07, 6.45) is 0. The van der Waals surface area contributed by atoms with E-state index in [2.05, 4.69) is 15.3 Å². The zero-order chi connectivity index (χ0) is 15.7. The first kappa shape index (κ1) is 14.3. The van der Waals surface area contributed by atoms with Crippen LogP contribution in [0.25, 0.3) is 5.69 Å². The standard InChI is InChI=1S/C15H13ClN4O2/c1-9-7-10(2)20(19-9)11-5-3-4-6-13(11)22-15-12(21)8-14(16)17-18-15/h3-8H,1-2H3,(H,17,21). The second-order valence-corrected chi connectivity index (χ2v) is 5.20. The van der Waals surface area contributed by atoms with E-state index < -0.39 is 5.43 Å². The molecule has 3 rings (SSSR count). The number of hydrogen-bond acceptors (Lipinski definition) is 4. The Hall–Kier alpha value is -2.60. The number of H-pyrrole nitrogens is 1. The third kappa shape index (κ3) is 2.73. The smallest absolute Gasteiger partial charge is 0.285 e. The van der Waals surface area contributed by atoms with Gasteiger partial charge in [-0.15, -0.1) is 5.10 Å². The van der Waals surface area contributed by atoms with Gasteiger partial charge in [-0.05, 0) is 32.0 Å². The fourth-order valence-corrected chi connectivity index (χ4v) is 2.28. The normalized spacial score (nSPS) is 10.7. The summed E-state index contributed by atoms with van der Waals surface area (Å²) in [6.45, 7) is 3.86. The van der Waals surface area contributed by atoms with Crippen molar-refractivity contribution in [3.05, 3.63) is 63.2 Å². The molecule has 0 radical (unpaired) electrons. The van der Waals surface area contributed by atoms with Crippen LogP contribution in [-0.4, -0.2) is 20.0 Å². The average molecular weight is 317 g/mol. The lowest BCUT2D eigenvalue weighted by Crippen LogP contribution is -2.09. The van der Waals surface area contributed by atoms with Crippen LogP contribution in [0.2, 0.25) is 5.15 Å². The van der Waals surface area contributed by atoms with Gasteiger partial charge in [-0.1, -0.05) is 23.7 Å². The Balaban J connectivity index is 2.05. The Morgan fingerprint density at radius 1 is 1.23 bits per heavy atom. The summed E-state index contributed by atoms with van der Waals surface area (Å²) in [7, 11) is 0. The number of aryl methyl sites for hydroxylation is 2. The molecule has 112 valence electrons. The molecule has 0 spiro atoms. The van der Waals surface area contributed by atoms with E-state index in [9.17, 15) is 4.79 Å². The van der Waals surface area contributed by atoms with E-state index in [1.54, 1.807) is 10.7 Å². The van der Waals surface area contributed by atoms with E-state index in [-0.39, 0.29) is 11.0 Å². The lowest BCUT2D eigenvalue weighted by molar-refractivity contribution is 0.446. The lowest BCUT2D eigenvalue weighted by Gasteiger charge is -2.11. The van der Waals surface area contributed by atoms with E-state index in [0.717, 1.165) is 17.1 Å². The number of aromatic amines is 1. The number of nitrogens with one attached hydrogen (secondary N) is 1. The van der Waals surface area contributed by atoms with Crippen molar-refractivity contribution in [2.75, 3.05) is 0 Å². The molecule has 0 amide bonds. The zero-order valence-corrected chi connectivity index (χ0v) is 12.8. The number of para-hydroxylation sites is 2. The molecule has 0 aliphatic heterocycles. The largest absolute Gasteiger partial charge is 0.432 e. The summed E-state index contributed by atoms with van der Waals surface area (Å²) in [5.41, 5.74) is 2.19. The summed E-state index contributed by atoms with van der Waals surface area (Å²) in [5.74, 6) is 0.410. The van der Waals surface area contributed by atoms with Crippen molar-refractivity contribution in [2.24, 2.45) is 0 Å². The number of hydrogen-bond donors (Lipinski definition) is 1. The summed E-state index contributed by atoms with van der Waals surface area (Å²) in [5, 5.41) is 10.9. The van der Waals surface area contributed by atoms with Crippen molar-refractivity contribution in [1.82, 2.24) is 20.0 Å². The molecule has 0 fully saturated rings. The highest BCUT2D eigenvalue weighted by Gasteiger charge is 2.12. The average Bonchev–Trinajstić information content (AvgIpc) is 2.81. The van der Waals surface area contributed by atoms with Crippen LogP contribution in [-0.2, 0) is 0 Å². The number of aromatic nitrogens is 4. The first-order valence-electron chi connectivity index (χ1n) is 6.60. The Labute approximate surface area is 131 Å². The molecular weight excluding hydrogens is 304 g/mol. The molecular formula is C15H13ClN4O2. The summed E-state index contributed by atoms with van der Waals surface area (Å²) in [4.78, 5) is 11.8. The van der Waals surface area contributed by atoms with Crippen LogP contribution in [0.4, 0.5) is 0 Å². The van der Waals surface area contributed by atoms with Crippen LogP contribution in [0.3, 0.4) is 0 Å². The predicted octanol–water partition coefficient (Wildman–Crippen LogP) is 3.02. The molecule has 2 heterocycles. The van der Waals surface area contributed by atoms with Crippen molar-refractivity contribution in [1.29, 1.82) is 0 Å². The van der Waals surface area contributed by atoms with Gasteiger partial charge in [0.25, 0.3) is 5.88 Å². The highest BCUT2D eigenvalue weighted by atomic mass is 35.5. The second-order valence-electron chi connectivity index (χ2n) is 4.79. The third-order valence-electron chi connectivity index (χ3n) is 3.04. The van der Waals surface area contributed by atoms with Crippen LogP contribution in [0.15, 0.2) is 41.2 Å². The quantitative estimate of drug-likeness (QED) is 0.806. The predicted molar refractivity (Wildman–Crippen MR) is 83.0 cm³/mol. The van der Waals surface area contributed by atoms with Gasteiger partial charge in [-0.3, -0.25) is 9.89 Å². The van der Waals surface area contributed by atoms with E-state index in [1.807, 2.05) is 38.1 Å². The third-order valence-corrected chi connectivity index (χ3v) is 3.24. The zero-order valence-electron chi connectivity index (χ0n) is 12.0. The van der Waals surface area contributed by atoms with E-state index in [0.29, 0.717) is 5.75 Å². The van der Waals surface area contributed by atoms with Crippen molar-refractivity contribution in [3.8, 4) is 17.3 Å². The van der Waals surface area contributed by atoms with Gasteiger partial charge < -0.3 is 4.74 Å². The fourth-order valence-electron chi connectivity index (χ4n) is 2.14. The molecule has 1 N–H and O–H groups in total. The van der Waals surface area contributed by atoms with Gasteiger partial charge in [0.2, 0.25) is 5.43 Å². The van der Waals surface area contributed by atoms with Crippen molar-refractivity contribution >= 4 is 11.6 Å². The maximum absolute atomic E-state index is 11.8. The maximum atomic E-state index is 11.8. The molecule has 1 aromatic carbocycles. The van der Waals surface area contributed by atoms with Crippen LogP contribution in [0.5, 0.6) is 11.6 Å². The molecule has 2 aromatic heterocycles. The highest BCUT2D eigenvalue weighted by Crippen LogP contribution is 2.26. The molecule has 3 aromatic rings. The minimum absolute atomic E-state index is 0.0709. The van der Waals surface area contributed by atoms with Crippen LogP contribution in [0.1, 0.15) is 11.4 Å². The number of rotatable bonds is 3. The Kier molecular flexibility index (Phi) is 3.68. The van der Waals surface area contributed by atoms with Crippen LogP contribution in [0, 0.1) is 13.8 Å². The number of halogens is 1. The first-order valence-corrected chi connectivity index (χ1v) is 6.98. The second kappa shape index (κ2) is 5.65. The molecule has 6 nitrogen and oxygen atoms in total. The molecule has 0 unspecified atom stereocenters. The van der Waals surface area contributed by atoms with Crippen molar-refractivity contribution < 1.29 is 4.74 Å². The van der Waals surface area contributed by atoms with Gasteiger partial charge in [0.15, 0.2) is 5.75 Å². The van der Waals surface area contributed by atoms with Gasteiger partial charge in [-0.2, -0.15) is 5.10 Å². The van der Waals surface area contributed by atoms with Crippen molar-refractivity contribution in [3.63, 3.8) is 0 Å². The van der Waals surface area contributed by atoms with Gasteiger partial charge in [0.05, 0.1) is 5.69 Å². The summed E-state index contributed by atoms with van der Waals surface area (Å²) >= 11 is 5.68. The minimum atomic E-state index is -0.396. The number of nitrogens with zero attached hydrogens (tertiary/aromatic N) is 3. The summed E-state index contributed by atoms with van der Waals surface area (Å²) < 4.78 is 7.40. The van der Waals surface area contributed by atoms with Gasteiger partial charge in [-0.25, -0.2) is 4.68 Å². The topological polar surface area (TPSA) is 72.8 Å². The monoisotopic (exact) mass is 316 g/mol. The minimum Gasteiger partial charge on any atom is -0.432 e. The van der Waals surface area contributed by atoms with Gasteiger partial charge in [0.1, 0.15) is 10.8 Å². The molecule has 7 heteroatoms. The Morgan fingerprint density at radius 3 is 2.68 bits per heavy atom. The first-order chi connectivity index (χ1) is 10.5. The lowest BCUT2D eigenvalue weighted by atomic mass is 10.3. The number of benzene rings is 1. The molecule has 0 atom stereocenters. The molecule has 0 saturated heterocycles.